The summed E-state index contributed by atoms with van der Waals surface area (Å²) >= 11 is 0. The maximum Gasteiger partial charge on any atom is 0.260 e. The van der Waals surface area contributed by atoms with Gasteiger partial charge in [0, 0.05) is 31.5 Å². The Balaban J connectivity index is 1.54. The zero-order chi connectivity index (χ0) is 21.3. The highest BCUT2D eigenvalue weighted by atomic mass is 19.1. The summed E-state index contributed by atoms with van der Waals surface area (Å²) in [6, 6.07) is 9.18. The van der Waals surface area contributed by atoms with Crippen LogP contribution in [0.15, 0.2) is 42.5 Å². The van der Waals surface area contributed by atoms with Crippen molar-refractivity contribution in [2.75, 3.05) is 19.7 Å². The predicted octanol–water partition coefficient (Wildman–Crippen LogP) is 3.15. The van der Waals surface area contributed by atoms with Gasteiger partial charge in [-0.1, -0.05) is 18.2 Å². The zero-order valence-corrected chi connectivity index (χ0v) is 16.2. The van der Waals surface area contributed by atoms with Crippen molar-refractivity contribution < 1.29 is 27.5 Å². The molecule has 2 aromatic carbocycles. The monoisotopic (exact) mass is 418 g/mol. The van der Waals surface area contributed by atoms with Gasteiger partial charge >= 0.3 is 0 Å². The van der Waals surface area contributed by atoms with Gasteiger partial charge in [0.1, 0.15) is 11.6 Å². The second-order valence-electron chi connectivity index (χ2n) is 7.77. The van der Waals surface area contributed by atoms with Crippen molar-refractivity contribution in [2.24, 2.45) is 0 Å². The molecule has 158 valence electrons. The molecule has 2 aromatic rings. The zero-order valence-electron chi connectivity index (χ0n) is 16.2. The molecule has 0 radical (unpaired) electrons. The maximum atomic E-state index is 14.5. The Bertz CT molecular complexity index is 984. The minimum Gasteiger partial charge on any atom is -0.481 e. The Morgan fingerprint density at radius 1 is 1.17 bits per heavy atom. The molecule has 0 bridgehead atoms. The van der Waals surface area contributed by atoms with Crippen LogP contribution in [0.2, 0.25) is 0 Å². The van der Waals surface area contributed by atoms with E-state index in [9.17, 15) is 22.8 Å². The van der Waals surface area contributed by atoms with Crippen LogP contribution in [0.3, 0.4) is 0 Å². The lowest BCUT2D eigenvalue weighted by Gasteiger charge is -2.39. The number of nitrogens with zero attached hydrogens (tertiary/aromatic N) is 1. The fourth-order valence-electron chi connectivity index (χ4n) is 4.42. The van der Waals surface area contributed by atoms with Gasteiger partial charge in [-0.2, -0.15) is 0 Å². The van der Waals surface area contributed by atoms with Crippen molar-refractivity contribution in [3.05, 3.63) is 65.5 Å². The van der Waals surface area contributed by atoms with Crippen LogP contribution in [0.25, 0.3) is 0 Å². The number of hydrogen-bond acceptors (Lipinski definition) is 3. The number of amides is 2. The quantitative estimate of drug-likeness (QED) is 0.830. The summed E-state index contributed by atoms with van der Waals surface area (Å²) in [5, 5.41) is 3.00. The standard InChI is InChI=1S/C22H21F3N2O3/c23-14-7-8-19(18(25)10-14)30-12-21(29)27-11-16(15-4-1-2-5-17(15)24)22(13-27)9-3-6-20(28)26-22/h1-2,4-5,7-8,10,16H,3,6,9,11-13H2,(H,26,28)/t16-,22+/m0/s1. The molecule has 0 saturated carbocycles. The lowest BCUT2D eigenvalue weighted by atomic mass is 9.76. The maximum absolute atomic E-state index is 14.5. The molecule has 4 rings (SSSR count). The van der Waals surface area contributed by atoms with Crippen LogP contribution in [-0.2, 0) is 9.59 Å². The van der Waals surface area contributed by atoms with E-state index in [1.807, 2.05) is 0 Å². The number of halogens is 3. The second-order valence-corrected chi connectivity index (χ2v) is 7.77. The van der Waals surface area contributed by atoms with E-state index in [2.05, 4.69) is 5.32 Å². The lowest BCUT2D eigenvalue weighted by molar-refractivity contribution is -0.133. The number of hydrogen-bond donors (Lipinski definition) is 1. The second kappa shape index (κ2) is 8.01. The normalized spacial score (nSPS) is 23.5. The highest BCUT2D eigenvalue weighted by Crippen LogP contribution is 2.42. The molecule has 2 fully saturated rings. The molecule has 2 atom stereocenters. The van der Waals surface area contributed by atoms with Gasteiger partial charge in [-0.15, -0.1) is 0 Å². The fraction of sp³-hybridized carbons (Fsp3) is 0.364. The van der Waals surface area contributed by atoms with Crippen molar-refractivity contribution >= 4 is 11.8 Å². The molecule has 2 aliphatic heterocycles. The van der Waals surface area contributed by atoms with Crippen molar-refractivity contribution in [2.45, 2.75) is 30.7 Å². The van der Waals surface area contributed by atoms with Crippen molar-refractivity contribution in [1.29, 1.82) is 0 Å². The molecule has 1 spiro atoms. The van der Waals surface area contributed by atoms with E-state index in [0.29, 0.717) is 30.9 Å². The van der Waals surface area contributed by atoms with Gasteiger partial charge in [0.05, 0.1) is 5.54 Å². The summed E-state index contributed by atoms with van der Waals surface area (Å²) in [6.07, 6.45) is 1.66. The van der Waals surface area contributed by atoms with Crippen LogP contribution in [0.4, 0.5) is 13.2 Å². The fourth-order valence-corrected chi connectivity index (χ4v) is 4.42. The number of ether oxygens (including phenoxy) is 1. The van der Waals surface area contributed by atoms with Crippen molar-refractivity contribution in [1.82, 2.24) is 10.2 Å². The Morgan fingerprint density at radius 3 is 2.70 bits per heavy atom. The minimum atomic E-state index is -0.899. The molecule has 1 N–H and O–H groups in total. The van der Waals surface area contributed by atoms with E-state index in [-0.39, 0.29) is 30.6 Å². The molecule has 0 aliphatic carbocycles. The third-order valence-electron chi connectivity index (χ3n) is 5.84. The summed E-state index contributed by atoms with van der Waals surface area (Å²) in [4.78, 5) is 26.4. The van der Waals surface area contributed by atoms with Crippen molar-refractivity contribution in [3.63, 3.8) is 0 Å². The third-order valence-corrected chi connectivity index (χ3v) is 5.84. The molecule has 8 heteroatoms. The molecule has 0 aromatic heterocycles. The number of nitrogens with one attached hydrogen (secondary N) is 1. The first kappa shape index (κ1) is 20.3. The average Bonchev–Trinajstić information content (AvgIpc) is 3.05. The summed E-state index contributed by atoms with van der Waals surface area (Å²) in [6.45, 7) is -0.0300. The summed E-state index contributed by atoms with van der Waals surface area (Å²) < 4.78 is 46.6. The van der Waals surface area contributed by atoms with E-state index in [4.69, 9.17) is 4.74 Å². The third kappa shape index (κ3) is 3.86. The average molecular weight is 418 g/mol. The molecule has 2 heterocycles. The van der Waals surface area contributed by atoms with Gasteiger partial charge in [0.15, 0.2) is 18.2 Å². The van der Waals surface area contributed by atoms with Crippen LogP contribution in [-0.4, -0.2) is 41.9 Å². The summed E-state index contributed by atoms with van der Waals surface area (Å²) in [7, 11) is 0. The van der Waals surface area contributed by atoms with Gasteiger partial charge in [0.2, 0.25) is 5.91 Å². The number of benzene rings is 2. The first-order valence-corrected chi connectivity index (χ1v) is 9.79. The number of piperidine rings is 1. The predicted molar refractivity (Wildman–Crippen MR) is 102 cm³/mol. The summed E-state index contributed by atoms with van der Waals surface area (Å²) in [5.74, 6) is -3.21. The Hall–Kier alpha value is -3.03. The van der Waals surface area contributed by atoms with Crippen LogP contribution < -0.4 is 10.1 Å². The molecular formula is C22H21F3N2O3. The van der Waals surface area contributed by atoms with Crippen LogP contribution in [0.1, 0.15) is 30.7 Å². The van der Waals surface area contributed by atoms with Crippen LogP contribution in [0.5, 0.6) is 5.75 Å². The van der Waals surface area contributed by atoms with E-state index < -0.39 is 35.6 Å². The van der Waals surface area contributed by atoms with Crippen molar-refractivity contribution in [3.8, 4) is 5.75 Å². The molecule has 2 amide bonds. The first-order valence-electron chi connectivity index (χ1n) is 9.79. The van der Waals surface area contributed by atoms with E-state index in [1.165, 1.54) is 11.0 Å². The summed E-state index contributed by atoms with van der Waals surface area (Å²) in [5.41, 5.74) is -0.311. The van der Waals surface area contributed by atoms with E-state index in [0.717, 1.165) is 12.1 Å². The van der Waals surface area contributed by atoms with E-state index in [1.54, 1.807) is 18.2 Å². The Morgan fingerprint density at radius 2 is 1.97 bits per heavy atom. The highest BCUT2D eigenvalue weighted by Gasteiger charge is 2.51. The lowest BCUT2D eigenvalue weighted by Crippen LogP contribution is -2.56. The Labute approximate surface area is 171 Å². The highest BCUT2D eigenvalue weighted by molar-refractivity contribution is 5.81. The smallest absolute Gasteiger partial charge is 0.260 e. The van der Waals surface area contributed by atoms with Crippen LogP contribution in [0, 0.1) is 17.5 Å². The van der Waals surface area contributed by atoms with Gasteiger partial charge in [-0.05, 0) is 36.6 Å². The SMILES string of the molecule is O=C1CCC[C@]2(CN(C(=O)COc3ccc(F)cc3F)C[C@H]2c2ccccc2F)N1. The number of rotatable bonds is 4. The number of likely N-dealkylation sites (tertiary alicyclic amines) is 1. The number of carbonyl (C=O) groups is 2. The minimum absolute atomic E-state index is 0.124. The molecule has 30 heavy (non-hydrogen) atoms. The molecule has 0 unspecified atom stereocenters. The molecule has 5 nitrogen and oxygen atoms in total. The van der Waals surface area contributed by atoms with E-state index >= 15 is 0 Å². The largest absolute Gasteiger partial charge is 0.481 e. The molecular weight excluding hydrogens is 397 g/mol. The van der Waals surface area contributed by atoms with Gasteiger partial charge in [-0.25, -0.2) is 13.2 Å². The topological polar surface area (TPSA) is 58.6 Å². The molecule has 2 saturated heterocycles. The van der Waals surface area contributed by atoms with Gasteiger partial charge in [-0.3, -0.25) is 9.59 Å². The number of carbonyl (C=O) groups excluding carboxylic acids is 2. The Kier molecular flexibility index (Phi) is 5.40. The van der Waals surface area contributed by atoms with Gasteiger partial charge in [0.25, 0.3) is 5.91 Å². The molecule has 2 aliphatic rings. The van der Waals surface area contributed by atoms with Crippen LogP contribution >= 0.6 is 0 Å². The first-order chi connectivity index (χ1) is 14.4. The van der Waals surface area contributed by atoms with Gasteiger partial charge < -0.3 is 15.0 Å².